The number of nitrogens with one attached hydrogen (secondary N) is 1. The molecule has 0 radical (unpaired) electrons. The summed E-state index contributed by atoms with van der Waals surface area (Å²) in [7, 11) is -2.34. The van der Waals surface area contributed by atoms with E-state index >= 15 is 0 Å². The number of likely N-dealkylation sites (N-methyl/N-ethyl adjacent to an activating group) is 1. The second kappa shape index (κ2) is 8.90. The molecular formula is C18H21F3N4O3S2. The maximum Gasteiger partial charge on any atom is 0.417 e. The van der Waals surface area contributed by atoms with Crippen LogP contribution < -0.4 is 10.2 Å². The van der Waals surface area contributed by atoms with Crippen molar-refractivity contribution in [3.63, 3.8) is 0 Å². The molecule has 2 aromatic rings. The summed E-state index contributed by atoms with van der Waals surface area (Å²) in [6.07, 6.45) is -2.45. The molecular weight excluding hydrogens is 441 g/mol. The molecule has 0 bridgehead atoms. The molecule has 1 aliphatic rings. The molecule has 164 valence electrons. The minimum absolute atomic E-state index is 0.138. The van der Waals surface area contributed by atoms with E-state index < -0.39 is 27.7 Å². The molecule has 1 fully saturated rings. The molecule has 0 spiro atoms. The first kappa shape index (κ1) is 22.5. The lowest BCUT2D eigenvalue weighted by Gasteiger charge is -2.33. The van der Waals surface area contributed by atoms with Gasteiger partial charge in [0, 0.05) is 32.4 Å². The van der Waals surface area contributed by atoms with Crippen molar-refractivity contribution in [3.05, 3.63) is 41.4 Å². The first-order valence-corrected chi connectivity index (χ1v) is 11.5. The molecule has 2 aromatic heterocycles. The van der Waals surface area contributed by atoms with Gasteiger partial charge in [0.25, 0.3) is 10.0 Å². The van der Waals surface area contributed by atoms with E-state index in [1.165, 1.54) is 19.2 Å². The second-order valence-corrected chi connectivity index (χ2v) is 10.1. The summed E-state index contributed by atoms with van der Waals surface area (Å²) < 4.78 is 63.9. The average Bonchev–Trinajstić information content (AvgIpc) is 3.23. The number of pyridine rings is 1. The third kappa shape index (κ3) is 5.29. The summed E-state index contributed by atoms with van der Waals surface area (Å²) >= 11 is 1.09. The van der Waals surface area contributed by atoms with E-state index in [9.17, 15) is 26.4 Å². The van der Waals surface area contributed by atoms with Gasteiger partial charge in [0.05, 0.1) is 12.1 Å². The summed E-state index contributed by atoms with van der Waals surface area (Å²) in [4.78, 5) is 18.0. The van der Waals surface area contributed by atoms with Gasteiger partial charge < -0.3 is 10.2 Å². The van der Waals surface area contributed by atoms with Gasteiger partial charge in [-0.05, 0) is 36.4 Å². The molecule has 1 amide bonds. The van der Waals surface area contributed by atoms with Crippen LogP contribution in [0.3, 0.4) is 0 Å². The zero-order valence-corrected chi connectivity index (χ0v) is 17.7. The largest absolute Gasteiger partial charge is 0.417 e. The highest BCUT2D eigenvalue weighted by Crippen LogP contribution is 2.29. The first-order chi connectivity index (χ1) is 14.1. The van der Waals surface area contributed by atoms with E-state index in [-0.39, 0.29) is 16.8 Å². The molecule has 30 heavy (non-hydrogen) atoms. The van der Waals surface area contributed by atoms with Gasteiger partial charge in [-0.25, -0.2) is 13.4 Å². The van der Waals surface area contributed by atoms with E-state index in [1.807, 2.05) is 4.90 Å². The molecule has 12 heteroatoms. The molecule has 1 aliphatic heterocycles. The summed E-state index contributed by atoms with van der Waals surface area (Å²) in [6, 6.07) is 5.32. The lowest BCUT2D eigenvalue weighted by molar-refractivity contribution is -0.137. The van der Waals surface area contributed by atoms with Crippen molar-refractivity contribution in [3.8, 4) is 0 Å². The maximum atomic E-state index is 12.6. The molecule has 0 unspecified atom stereocenters. The minimum atomic E-state index is -4.42. The summed E-state index contributed by atoms with van der Waals surface area (Å²) in [5.41, 5.74) is -0.796. The number of aromatic nitrogens is 1. The van der Waals surface area contributed by atoms with Crippen molar-refractivity contribution in [2.75, 3.05) is 31.6 Å². The van der Waals surface area contributed by atoms with Crippen LogP contribution in [0.25, 0.3) is 0 Å². The monoisotopic (exact) mass is 462 g/mol. The van der Waals surface area contributed by atoms with Crippen LogP contribution in [0.5, 0.6) is 0 Å². The van der Waals surface area contributed by atoms with Crippen LogP contribution in [0.2, 0.25) is 0 Å². The fourth-order valence-corrected chi connectivity index (χ4v) is 5.45. The summed E-state index contributed by atoms with van der Waals surface area (Å²) in [6.45, 7) is 0.750. The quantitative estimate of drug-likeness (QED) is 0.714. The van der Waals surface area contributed by atoms with Crippen molar-refractivity contribution >= 4 is 33.1 Å². The fraction of sp³-hybridized carbons (Fsp3) is 0.444. The second-order valence-electron chi connectivity index (χ2n) is 6.92. The maximum absolute atomic E-state index is 12.6. The zero-order chi connectivity index (χ0) is 21.9. The highest BCUT2D eigenvalue weighted by atomic mass is 32.2. The number of carbonyl (C=O) groups is 1. The number of halogens is 3. The molecule has 0 atom stereocenters. The van der Waals surface area contributed by atoms with Crippen LogP contribution in [-0.4, -0.2) is 56.3 Å². The number of nitrogens with zero attached hydrogens (tertiary/aromatic N) is 3. The topological polar surface area (TPSA) is 82.6 Å². The van der Waals surface area contributed by atoms with Gasteiger partial charge in [-0.1, -0.05) is 6.07 Å². The molecule has 0 saturated carbocycles. The molecule has 3 rings (SSSR count). The third-order valence-corrected chi connectivity index (χ3v) is 7.96. The Bertz CT molecular complexity index is 956. The first-order valence-electron chi connectivity index (χ1n) is 9.15. The number of hydrogen-bond acceptors (Lipinski definition) is 6. The number of alkyl halides is 3. The van der Waals surface area contributed by atoms with Gasteiger partial charge in [0.1, 0.15) is 10.0 Å². The van der Waals surface area contributed by atoms with Gasteiger partial charge >= 0.3 is 6.18 Å². The van der Waals surface area contributed by atoms with Crippen LogP contribution in [0, 0.1) is 0 Å². The van der Waals surface area contributed by atoms with Gasteiger partial charge in [-0.2, -0.15) is 17.5 Å². The highest BCUT2D eigenvalue weighted by molar-refractivity contribution is 7.91. The molecule has 0 aliphatic carbocycles. The highest BCUT2D eigenvalue weighted by Gasteiger charge is 2.31. The Balaban J connectivity index is 1.49. The predicted molar refractivity (Wildman–Crippen MR) is 107 cm³/mol. The van der Waals surface area contributed by atoms with E-state index in [1.54, 1.807) is 11.4 Å². The lowest BCUT2D eigenvalue weighted by Crippen LogP contribution is -2.47. The third-order valence-electron chi connectivity index (χ3n) is 4.79. The van der Waals surface area contributed by atoms with Gasteiger partial charge in [-0.3, -0.25) is 4.79 Å². The van der Waals surface area contributed by atoms with Crippen molar-refractivity contribution in [1.29, 1.82) is 0 Å². The fourth-order valence-electron chi connectivity index (χ4n) is 3.12. The summed E-state index contributed by atoms with van der Waals surface area (Å²) in [5, 5.41) is 4.48. The van der Waals surface area contributed by atoms with Crippen molar-refractivity contribution in [2.45, 2.75) is 29.3 Å². The van der Waals surface area contributed by atoms with Crippen LogP contribution >= 0.6 is 11.3 Å². The van der Waals surface area contributed by atoms with Crippen LogP contribution in [-0.2, 0) is 21.0 Å². The van der Waals surface area contributed by atoms with Crippen LogP contribution in [0.15, 0.2) is 40.1 Å². The van der Waals surface area contributed by atoms with Gasteiger partial charge in [0.15, 0.2) is 0 Å². The minimum Gasteiger partial charge on any atom is -0.356 e. The Kier molecular flexibility index (Phi) is 6.68. The van der Waals surface area contributed by atoms with E-state index in [2.05, 4.69) is 10.3 Å². The average molecular weight is 463 g/mol. The molecule has 7 nitrogen and oxygen atoms in total. The van der Waals surface area contributed by atoms with Crippen molar-refractivity contribution in [2.24, 2.45) is 0 Å². The van der Waals surface area contributed by atoms with Crippen LogP contribution in [0.1, 0.15) is 18.4 Å². The number of anilines is 1. The zero-order valence-electron chi connectivity index (χ0n) is 16.1. The van der Waals surface area contributed by atoms with Gasteiger partial charge in [0.2, 0.25) is 5.91 Å². The number of hydrogen-bond donors (Lipinski definition) is 1. The molecule has 3 heterocycles. The molecule has 0 aromatic carbocycles. The van der Waals surface area contributed by atoms with Gasteiger partial charge in [-0.15, -0.1) is 11.3 Å². The standard InChI is InChI=1S/C18H21F3N4O3S2/c1-24(30(27,28)17-3-2-10-29-17)12-16(26)23-14-6-8-25(9-7-14)15-5-4-13(11-22-15)18(19,20)21/h2-5,10-11,14H,6-9,12H2,1H3,(H,23,26). The van der Waals surface area contributed by atoms with E-state index in [0.717, 1.165) is 27.9 Å². The Morgan fingerprint density at radius 1 is 1.30 bits per heavy atom. The number of rotatable bonds is 6. The Hall–Kier alpha value is -2.18. The normalized spacial score (nSPS) is 16.1. The Morgan fingerprint density at radius 3 is 2.53 bits per heavy atom. The number of carbonyl (C=O) groups excluding carboxylic acids is 1. The number of thiophene rings is 1. The SMILES string of the molecule is CN(CC(=O)NC1CCN(c2ccc(C(F)(F)F)cn2)CC1)S(=O)(=O)c1cccs1. The summed E-state index contributed by atoms with van der Waals surface area (Å²) in [5.74, 6) is 0.0540. The number of sulfonamides is 1. The number of piperidine rings is 1. The smallest absolute Gasteiger partial charge is 0.356 e. The van der Waals surface area contributed by atoms with E-state index in [0.29, 0.717) is 31.7 Å². The lowest BCUT2D eigenvalue weighted by atomic mass is 10.0. The van der Waals surface area contributed by atoms with Crippen molar-refractivity contribution in [1.82, 2.24) is 14.6 Å². The molecule has 1 N–H and O–H groups in total. The Morgan fingerprint density at radius 2 is 2.00 bits per heavy atom. The van der Waals surface area contributed by atoms with E-state index in [4.69, 9.17) is 0 Å². The predicted octanol–water partition coefficient (Wildman–Crippen LogP) is 2.57. The Labute approximate surface area is 176 Å². The molecule has 1 saturated heterocycles. The number of amides is 1. The van der Waals surface area contributed by atoms with Crippen LogP contribution in [0.4, 0.5) is 19.0 Å². The van der Waals surface area contributed by atoms with Crippen molar-refractivity contribution < 1.29 is 26.4 Å².